The molecule has 2 aromatic rings. The molecule has 0 radical (unpaired) electrons. The van der Waals surface area contributed by atoms with Gasteiger partial charge < -0.3 is 4.90 Å². The lowest BCUT2D eigenvalue weighted by Gasteiger charge is -2.40. The molecule has 2 heterocycles. The Morgan fingerprint density at radius 2 is 1.96 bits per heavy atom. The molecule has 0 aliphatic carbocycles. The van der Waals surface area contributed by atoms with Crippen LogP contribution in [-0.4, -0.2) is 38.0 Å². The minimum Gasteiger partial charge on any atom is -0.344 e. The largest absolute Gasteiger partial charge is 0.344 e. The fourth-order valence-electron chi connectivity index (χ4n) is 3.09. The van der Waals surface area contributed by atoms with Crippen LogP contribution in [-0.2, 0) is 17.2 Å². The lowest BCUT2D eigenvalue weighted by atomic mass is 10.0. The van der Waals surface area contributed by atoms with E-state index in [4.69, 9.17) is 0 Å². The molecule has 1 fully saturated rings. The van der Waals surface area contributed by atoms with Crippen molar-refractivity contribution in [2.45, 2.75) is 37.9 Å². The SMILES string of the molecule is CCC1(CC)CN(c2nnc(Cc3ccc(F)cc3)s2)CCS1=O. The van der Waals surface area contributed by atoms with E-state index in [1.165, 1.54) is 12.1 Å². The van der Waals surface area contributed by atoms with Crippen LogP contribution >= 0.6 is 11.3 Å². The average Bonchev–Trinajstić information content (AvgIpc) is 3.06. The molecule has 1 atom stereocenters. The molecule has 1 aromatic heterocycles. The second-order valence-electron chi connectivity index (χ2n) is 6.14. The summed E-state index contributed by atoms with van der Waals surface area (Å²) in [4.78, 5) is 2.22. The van der Waals surface area contributed by atoms with Crippen molar-refractivity contribution in [3.8, 4) is 0 Å². The standard InChI is InChI=1S/C17H22FN3OS2/c1-3-17(4-2)12-21(9-10-24(17)22)16-20-19-15(23-16)11-13-5-7-14(18)8-6-13/h5-8H,3-4,9-12H2,1-2H3. The first-order valence-corrected chi connectivity index (χ1v) is 10.4. The predicted molar refractivity (Wildman–Crippen MR) is 97.7 cm³/mol. The fraction of sp³-hybridized carbons (Fsp3) is 0.529. The van der Waals surface area contributed by atoms with Crippen LogP contribution in [0, 0.1) is 5.82 Å². The Morgan fingerprint density at radius 1 is 1.25 bits per heavy atom. The van der Waals surface area contributed by atoms with E-state index in [2.05, 4.69) is 28.9 Å². The predicted octanol–water partition coefficient (Wildman–Crippen LogP) is 3.40. The third kappa shape index (κ3) is 3.52. The summed E-state index contributed by atoms with van der Waals surface area (Å²) in [5.74, 6) is 0.461. The van der Waals surface area contributed by atoms with Gasteiger partial charge in [-0.05, 0) is 30.5 Å². The van der Waals surface area contributed by atoms with E-state index in [-0.39, 0.29) is 10.6 Å². The summed E-state index contributed by atoms with van der Waals surface area (Å²) in [6.45, 7) is 5.77. The topological polar surface area (TPSA) is 46.1 Å². The van der Waals surface area contributed by atoms with Gasteiger partial charge in [-0.3, -0.25) is 4.21 Å². The summed E-state index contributed by atoms with van der Waals surface area (Å²) < 4.78 is 25.3. The minimum absolute atomic E-state index is 0.138. The van der Waals surface area contributed by atoms with Crippen molar-refractivity contribution < 1.29 is 8.60 Å². The first-order valence-electron chi connectivity index (χ1n) is 8.26. The van der Waals surface area contributed by atoms with Gasteiger partial charge in [-0.25, -0.2) is 4.39 Å². The molecule has 0 bridgehead atoms. The number of anilines is 1. The number of hydrogen-bond donors (Lipinski definition) is 0. The van der Waals surface area contributed by atoms with E-state index in [1.54, 1.807) is 23.5 Å². The Labute approximate surface area is 148 Å². The second kappa shape index (κ2) is 7.27. The first-order chi connectivity index (χ1) is 11.6. The Bertz CT molecular complexity index is 713. The number of rotatable bonds is 5. The zero-order valence-electron chi connectivity index (χ0n) is 14.0. The van der Waals surface area contributed by atoms with Crippen LogP contribution in [0.15, 0.2) is 24.3 Å². The average molecular weight is 368 g/mol. The Morgan fingerprint density at radius 3 is 2.62 bits per heavy atom. The van der Waals surface area contributed by atoms with Gasteiger partial charge in [0, 0.05) is 36.1 Å². The Kier molecular flexibility index (Phi) is 5.30. The van der Waals surface area contributed by atoms with E-state index in [1.807, 2.05) is 0 Å². The highest BCUT2D eigenvalue weighted by Crippen LogP contribution is 2.32. The molecule has 1 aliphatic rings. The van der Waals surface area contributed by atoms with Gasteiger partial charge in [-0.15, -0.1) is 10.2 Å². The first kappa shape index (κ1) is 17.5. The molecule has 130 valence electrons. The van der Waals surface area contributed by atoms with E-state index in [9.17, 15) is 8.60 Å². The van der Waals surface area contributed by atoms with E-state index >= 15 is 0 Å². The van der Waals surface area contributed by atoms with Crippen molar-refractivity contribution >= 4 is 27.3 Å². The highest BCUT2D eigenvalue weighted by atomic mass is 32.2. The van der Waals surface area contributed by atoms with Crippen LogP contribution in [0.5, 0.6) is 0 Å². The van der Waals surface area contributed by atoms with Crippen LogP contribution in [0.2, 0.25) is 0 Å². The summed E-state index contributed by atoms with van der Waals surface area (Å²) in [6.07, 6.45) is 2.48. The van der Waals surface area contributed by atoms with Gasteiger partial charge in [0.05, 0.1) is 4.75 Å². The second-order valence-corrected chi connectivity index (χ2v) is 9.15. The van der Waals surface area contributed by atoms with Crippen molar-refractivity contribution in [1.29, 1.82) is 0 Å². The van der Waals surface area contributed by atoms with Crippen LogP contribution in [0.4, 0.5) is 9.52 Å². The van der Waals surface area contributed by atoms with Gasteiger partial charge in [0.2, 0.25) is 5.13 Å². The van der Waals surface area contributed by atoms with Crippen molar-refractivity contribution in [2.75, 3.05) is 23.7 Å². The van der Waals surface area contributed by atoms with Gasteiger partial charge >= 0.3 is 0 Å². The van der Waals surface area contributed by atoms with E-state index in [0.717, 1.165) is 41.6 Å². The molecule has 4 nitrogen and oxygen atoms in total. The number of benzene rings is 1. The van der Waals surface area contributed by atoms with Gasteiger partial charge in [0.15, 0.2) is 0 Å². The molecule has 3 rings (SSSR count). The molecule has 1 saturated heterocycles. The zero-order valence-corrected chi connectivity index (χ0v) is 15.6. The molecule has 0 amide bonds. The van der Waals surface area contributed by atoms with Gasteiger partial charge in [0.25, 0.3) is 0 Å². The highest BCUT2D eigenvalue weighted by Gasteiger charge is 2.39. The highest BCUT2D eigenvalue weighted by molar-refractivity contribution is 7.86. The smallest absolute Gasteiger partial charge is 0.208 e. The maximum atomic E-state index is 13.0. The third-order valence-electron chi connectivity index (χ3n) is 4.79. The van der Waals surface area contributed by atoms with Crippen molar-refractivity contribution in [3.05, 3.63) is 40.7 Å². The van der Waals surface area contributed by atoms with Gasteiger partial charge in [-0.1, -0.05) is 37.3 Å². The maximum absolute atomic E-state index is 13.0. The number of aromatic nitrogens is 2. The fourth-order valence-corrected chi connectivity index (χ4v) is 5.75. The minimum atomic E-state index is -0.779. The summed E-state index contributed by atoms with van der Waals surface area (Å²) in [5, 5.41) is 10.4. The van der Waals surface area contributed by atoms with Gasteiger partial charge in [0.1, 0.15) is 10.8 Å². The summed E-state index contributed by atoms with van der Waals surface area (Å²) >= 11 is 1.57. The van der Waals surface area contributed by atoms with Crippen LogP contribution in [0.3, 0.4) is 0 Å². The van der Waals surface area contributed by atoms with Crippen LogP contribution in [0.1, 0.15) is 37.3 Å². The Hall–Kier alpha value is -1.34. The molecular formula is C17H22FN3OS2. The molecule has 7 heteroatoms. The number of halogens is 1. The third-order valence-corrected chi connectivity index (χ3v) is 8.00. The van der Waals surface area contributed by atoms with Crippen molar-refractivity contribution in [2.24, 2.45) is 0 Å². The quantitative estimate of drug-likeness (QED) is 0.813. The molecule has 24 heavy (non-hydrogen) atoms. The normalized spacial score (nSPS) is 20.3. The molecule has 1 aliphatic heterocycles. The number of hydrogen-bond acceptors (Lipinski definition) is 5. The van der Waals surface area contributed by atoms with E-state index in [0.29, 0.717) is 12.2 Å². The maximum Gasteiger partial charge on any atom is 0.208 e. The lowest BCUT2D eigenvalue weighted by Crippen LogP contribution is -2.53. The number of nitrogens with zero attached hydrogens (tertiary/aromatic N) is 3. The molecule has 0 spiro atoms. The summed E-state index contributed by atoms with van der Waals surface area (Å²) in [5.41, 5.74) is 1.02. The summed E-state index contributed by atoms with van der Waals surface area (Å²) in [6, 6.07) is 6.49. The summed E-state index contributed by atoms with van der Waals surface area (Å²) in [7, 11) is -0.779. The zero-order chi connectivity index (χ0) is 17.2. The van der Waals surface area contributed by atoms with E-state index < -0.39 is 10.8 Å². The lowest BCUT2D eigenvalue weighted by molar-refractivity contribution is 0.495. The van der Waals surface area contributed by atoms with Crippen LogP contribution < -0.4 is 4.90 Å². The monoisotopic (exact) mass is 367 g/mol. The van der Waals surface area contributed by atoms with Gasteiger partial charge in [-0.2, -0.15) is 0 Å². The molecule has 1 unspecified atom stereocenters. The molecule has 0 saturated carbocycles. The molecule has 0 N–H and O–H groups in total. The van der Waals surface area contributed by atoms with Crippen LogP contribution in [0.25, 0.3) is 0 Å². The van der Waals surface area contributed by atoms with Crippen molar-refractivity contribution in [1.82, 2.24) is 10.2 Å². The molecular weight excluding hydrogens is 345 g/mol. The Balaban J connectivity index is 1.73. The molecule has 1 aromatic carbocycles. The van der Waals surface area contributed by atoms with Crippen molar-refractivity contribution in [3.63, 3.8) is 0 Å².